The molecule has 0 aromatic heterocycles. The lowest BCUT2D eigenvalue weighted by molar-refractivity contribution is -0.0370. The summed E-state index contributed by atoms with van der Waals surface area (Å²) in [4.78, 5) is 4.64. The van der Waals surface area contributed by atoms with Crippen molar-refractivity contribution in [3.05, 3.63) is 0 Å². The van der Waals surface area contributed by atoms with Crippen LogP contribution in [0.2, 0.25) is 0 Å². The lowest BCUT2D eigenvalue weighted by atomic mass is 10.1. The van der Waals surface area contributed by atoms with E-state index in [0.717, 1.165) is 32.8 Å². The number of rotatable bonds is 2. The van der Waals surface area contributed by atoms with Gasteiger partial charge in [-0.05, 0) is 7.05 Å². The lowest BCUT2D eigenvalue weighted by Gasteiger charge is -2.33. The van der Waals surface area contributed by atoms with Crippen molar-refractivity contribution in [3.63, 3.8) is 0 Å². The number of fused-ring (bicyclic) bond motifs is 1. The van der Waals surface area contributed by atoms with Gasteiger partial charge in [0.15, 0.2) is 0 Å². The Kier molecular flexibility index (Phi) is 2.83. The molecule has 2 aliphatic heterocycles. The van der Waals surface area contributed by atoms with Crippen molar-refractivity contribution in [3.8, 4) is 0 Å². The quantitative estimate of drug-likeness (QED) is 0.599. The minimum Gasteiger partial charge on any atom is -0.395 e. The average molecular weight is 186 g/mol. The highest BCUT2D eigenvalue weighted by Crippen LogP contribution is 2.20. The van der Waals surface area contributed by atoms with E-state index in [1.165, 1.54) is 0 Å². The number of aliphatic hydroxyl groups is 1. The zero-order valence-corrected chi connectivity index (χ0v) is 8.15. The van der Waals surface area contributed by atoms with Crippen molar-refractivity contribution < 1.29 is 9.84 Å². The van der Waals surface area contributed by atoms with Crippen LogP contribution in [0.1, 0.15) is 0 Å². The second-order valence-corrected chi connectivity index (χ2v) is 3.94. The molecule has 0 radical (unpaired) electrons. The van der Waals surface area contributed by atoms with Crippen LogP contribution in [0.15, 0.2) is 0 Å². The largest absolute Gasteiger partial charge is 0.395 e. The predicted molar refractivity (Wildman–Crippen MR) is 49.7 cm³/mol. The van der Waals surface area contributed by atoms with Crippen LogP contribution in [0.25, 0.3) is 0 Å². The molecule has 2 heterocycles. The molecule has 4 heteroatoms. The molecule has 13 heavy (non-hydrogen) atoms. The van der Waals surface area contributed by atoms with Gasteiger partial charge in [-0.2, -0.15) is 0 Å². The molecule has 0 aliphatic carbocycles. The van der Waals surface area contributed by atoms with E-state index in [9.17, 15) is 0 Å². The second kappa shape index (κ2) is 3.92. The summed E-state index contributed by atoms with van der Waals surface area (Å²) >= 11 is 0. The maximum Gasteiger partial charge on any atom is 0.0869 e. The smallest absolute Gasteiger partial charge is 0.0869 e. The summed E-state index contributed by atoms with van der Waals surface area (Å²) in [6, 6.07) is 0.542. The van der Waals surface area contributed by atoms with Gasteiger partial charge in [-0.1, -0.05) is 0 Å². The molecule has 2 aliphatic rings. The third-order valence-electron chi connectivity index (χ3n) is 3.07. The molecule has 0 aromatic rings. The summed E-state index contributed by atoms with van der Waals surface area (Å²) in [6.07, 6.45) is 0.366. The lowest BCUT2D eigenvalue weighted by Crippen LogP contribution is -2.48. The Morgan fingerprint density at radius 3 is 3.00 bits per heavy atom. The Hall–Kier alpha value is -0.160. The molecular weight excluding hydrogens is 168 g/mol. The average Bonchev–Trinajstić information content (AvgIpc) is 2.49. The van der Waals surface area contributed by atoms with Crippen molar-refractivity contribution in [1.29, 1.82) is 0 Å². The number of hydrogen-bond acceptors (Lipinski definition) is 4. The summed E-state index contributed by atoms with van der Waals surface area (Å²) in [6.45, 7) is 4.95. The third kappa shape index (κ3) is 1.86. The van der Waals surface area contributed by atoms with Crippen LogP contribution >= 0.6 is 0 Å². The van der Waals surface area contributed by atoms with Crippen molar-refractivity contribution >= 4 is 0 Å². The maximum atomic E-state index is 8.83. The van der Waals surface area contributed by atoms with Crippen LogP contribution in [0.5, 0.6) is 0 Å². The van der Waals surface area contributed by atoms with E-state index >= 15 is 0 Å². The Bertz CT molecular complexity index is 177. The van der Waals surface area contributed by atoms with Crippen LogP contribution in [0, 0.1) is 0 Å². The first kappa shape index (κ1) is 9.40. The molecule has 0 aromatic carbocycles. The molecule has 0 bridgehead atoms. The van der Waals surface area contributed by atoms with E-state index in [4.69, 9.17) is 9.84 Å². The Labute approximate surface area is 79.1 Å². The van der Waals surface area contributed by atoms with Crippen molar-refractivity contribution in [2.45, 2.75) is 12.1 Å². The number of nitrogens with zero attached hydrogens (tertiary/aromatic N) is 2. The fourth-order valence-electron chi connectivity index (χ4n) is 2.26. The van der Waals surface area contributed by atoms with Crippen LogP contribution in [0.4, 0.5) is 0 Å². The van der Waals surface area contributed by atoms with E-state index in [0.29, 0.717) is 12.1 Å². The third-order valence-corrected chi connectivity index (χ3v) is 3.07. The monoisotopic (exact) mass is 186 g/mol. The normalized spacial score (nSPS) is 36.5. The van der Waals surface area contributed by atoms with Crippen LogP contribution in [0.3, 0.4) is 0 Å². The van der Waals surface area contributed by atoms with Crippen LogP contribution in [-0.2, 0) is 4.74 Å². The molecule has 0 unspecified atom stereocenters. The van der Waals surface area contributed by atoms with Gasteiger partial charge < -0.3 is 9.84 Å². The van der Waals surface area contributed by atoms with E-state index in [1.807, 2.05) is 0 Å². The van der Waals surface area contributed by atoms with Gasteiger partial charge in [0.1, 0.15) is 0 Å². The van der Waals surface area contributed by atoms with Crippen LogP contribution < -0.4 is 0 Å². The topological polar surface area (TPSA) is 35.9 Å². The van der Waals surface area contributed by atoms with Crippen molar-refractivity contribution in [2.75, 3.05) is 46.4 Å². The Balaban J connectivity index is 1.92. The number of β-amino-alcohol motifs (C(OH)–C–C–N with tert-alkyl or cyclic N) is 1. The Morgan fingerprint density at radius 1 is 1.46 bits per heavy atom. The fraction of sp³-hybridized carbons (Fsp3) is 1.00. The maximum absolute atomic E-state index is 8.83. The number of morpholine rings is 1. The van der Waals surface area contributed by atoms with Gasteiger partial charge in [0, 0.05) is 32.2 Å². The molecule has 0 spiro atoms. The summed E-state index contributed by atoms with van der Waals surface area (Å²) in [5.74, 6) is 0. The standard InChI is InChI=1S/C9H18N2O2/c1-10-3-5-13-9-7-11(2-4-12)6-8(9)10/h8-9,12H,2-7H2,1H3/t8-,9+/m0/s1. The molecular formula is C9H18N2O2. The first-order valence-electron chi connectivity index (χ1n) is 4.96. The van der Waals surface area contributed by atoms with Gasteiger partial charge in [-0.25, -0.2) is 0 Å². The predicted octanol–water partition coefficient (Wildman–Crippen LogP) is -1.01. The zero-order chi connectivity index (χ0) is 9.26. The highest BCUT2D eigenvalue weighted by Gasteiger charge is 2.37. The number of likely N-dealkylation sites (N-methyl/N-ethyl adjacent to an activating group) is 1. The highest BCUT2D eigenvalue weighted by molar-refractivity contribution is 4.92. The van der Waals surface area contributed by atoms with E-state index in [-0.39, 0.29) is 6.61 Å². The fourth-order valence-corrected chi connectivity index (χ4v) is 2.26. The molecule has 4 nitrogen and oxygen atoms in total. The van der Waals surface area contributed by atoms with E-state index in [1.54, 1.807) is 0 Å². The highest BCUT2D eigenvalue weighted by atomic mass is 16.5. The van der Waals surface area contributed by atoms with Gasteiger partial charge in [0.05, 0.1) is 19.3 Å². The second-order valence-electron chi connectivity index (χ2n) is 3.94. The molecule has 2 rings (SSSR count). The zero-order valence-electron chi connectivity index (χ0n) is 8.15. The summed E-state index contributed by atoms with van der Waals surface area (Å²) in [5.41, 5.74) is 0. The minimum atomic E-state index is 0.253. The van der Waals surface area contributed by atoms with Gasteiger partial charge in [0.2, 0.25) is 0 Å². The molecule has 1 N–H and O–H groups in total. The molecule has 2 atom stereocenters. The van der Waals surface area contributed by atoms with E-state index in [2.05, 4.69) is 16.8 Å². The number of aliphatic hydroxyl groups excluding tert-OH is 1. The number of likely N-dealkylation sites (tertiary alicyclic amines) is 1. The van der Waals surface area contributed by atoms with Gasteiger partial charge in [-0.3, -0.25) is 9.80 Å². The summed E-state index contributed by atoms with van der Waals surface area (Å²) in [5, 5.41) is 8.83. The first-order chi connectivity index (χ1) is 6.31. The first-order valence-corrected chi connectivity index (χ1v) is 4.96. The van der Waals surface area contributed by atoms with Gasteiger partial charge in [0.25, 0.3) is 0 Å². The van der Waals surface area contributed by atoms with Gasteiger partial charge >= 0.3 is 0 Å². The van der Waals surface area contributed by atoms with Crippen LogP contribution in [-0.4, -0.2) is 73.5 Å². The van der Waals surface area contributed by atoms with Crippen molar-refractivity contribution in [1.82, 2.24) is 9.80 Å². The molecule has 76 valence electrons. The number of hydrogen-bond donors (Lipinski definition) is 1. The SMILES string of the molecule is CN1CCO[C@@H]2CN(CCO)C[C@@H]21. The number of ether oxygens (including phenoxy) is 1. The Morgan fingerprint density at radius 2 is 2.31 bits per heavy atom. The molecule has 2 saturated heterocycles. The molecule has 0 amide bonds. The van der Waals surface area contributed by atoms with Gasteiger partial charge in [-0.15, -0.1) is 0 Å². The van der Waals surface area contributed by atoms with E-state index < -0.39 is 0 Å². The van der Waals surface area contributed by atoms with Crippen molar-refractivity contribution in [2.24, 2.45) is 0 Å². The summed E-state index contributed by atoms with van der Waals surface area (Å²) in [7, 11) is 2.16. The summed E-state index contributed by atoms with van der Waals surface area (Å²) < 4.78 is 5.68. The minimum absolute atomic E-state index is 0.253. The molecule has 0 saturated carbocycles. The molecule has 2 fully saturated rings.